The molecule has 24 heavy (non-hydrogen) atoms. The lowest BCUT2D eigenvalue weighted by molar-refractivity contribution is -0.385. The highest BCUT2D eigenvalue weighted by Gasteiger charge is 2.25. The molecular formula is C18H14N2O4. The maximum atomic E-state index is 12.0. The van der Waals surface area contributed by atoms with Crippen LogP contribution in [0.15, 0.2) is 53.2 Å². The molecule has 0 atom stereocenters. The van der Waals surface area contributed by atoms with Crippen molar-refractivity contribution in [1.29, 1.82) is 0 Å². The van der Waals surface area contributed by atoms with E-state index in [4.69, 9.17) is 4.74 Å². The summed E-state index contributed by atoms with van der Waals surface area (Å²) in [6.07, 6.45) is 1.37. The number of benzene rings is 2. The fourth-order valence-electron chi connectivity index (χ4n) is 2.33. The Morgan fingerprint density at radius 2 is 1.88 bits per heavy atom. The molecule has 0 spiro atoms. The lowest BCUT2D eigenvalue weighted by Gasteiger charge is -2.03. The Hall–Kier alpha value is -3.28. The summed E-state index contributed by atoms with van der Waals surface area (Å²) in [6.45, 7) is 3.95. The number of aliphatic imine (C=N–C) groups is 1. The standard InChI is InChI=1S/C18H14N2O4/c1-11-7-8-14(9-12(11)2)17-19-15(18(21)24-17)10-13-5-3-4-6-16(13)20(22)23/h3-10H,1-2H3/b15-10-. The molecule has 1 heterocycles. The molecule has 3 rings (SSSR count). The molecule has 0 saturated heterocycles. The normalized spacial score (nSPS) is 15.3. The molecule has 0 unspecified atom stereocenters. The molecule has 1 aliphatic rings. The molecule has 0 radical (unpaired) electrons. The highest BCUT2D eigenvalue weighted by molar-refractivity contribution is 6.13. The van der Waals surface area contributed by atoms with Gasteiger partial charge in [-0.15, -0.1) is 0 Å². The van der Waals surface area contributed by atoms with Crippen LogP contribution in [-0.4, -0.2) is 16.8 Å². The third-order valence-electron chi connectivity index (χ3n) is 3.80. The number of hydrogen-bond donors (Lipinski definition) is 0. The second-order valence-corrected chi connectivity index (χ2v) is 5.45. The number of carbonyl (C=O) groups excluding carboxylic acids is 1. The average Bonchev–Trinajstić information content (AvgIpc) is 2.91. The van der Waals surface area contributed by atoms with Gasteiger partial charge in [0.25, 0.3) is 5.69 Å². The zero-order valence-corrected chi connectivity index (χ0v) is 13.1. The summed E-state index contributed by atoms with van der Waals surface area (Å²) in [6, 6.07) is 11.8. The zero-order valence-electron chi connectivity index (χ0n) is 13.1. The number of hydrogen-bond acceptors (Lipinski definition) is 5. The summed E-state index contributed by atoms with van der Waals surface area (Å²) in [4.78, 5) is 26.8. The summed E-state index contributed by atoms with van der Waals surface area (Å²) < 4.78 is 5.20. The maximum Gasteiger partial charge on any atom is 0.363 e. The summed E-state index contributed by atoms with van der Waals surface area (Å²) >= 11 is 0. The number of ether oxygens (including phenoxy) is 1. The number of rotatable bonds is 3. The van der Waals surface area contributed by atoms with Crippen LogP contribution in [0.5, 0.6) is 0 Å². The summed E-state index contributed by atoms with van der Waals surface area (Å²) in [5, 5.41) is 11.1. The fraction of sp³-hybridized carbons (Fsp3) is 0.111. The van der Waals surface area contributed by atoms with Crippen LogP contribution in [0, 0.1) is 24.0 Å². The van der Waals surface area contributed by atoms with Gasteiger partial charge in [0.05, 0.1) is 10.5 Å². The Labute approximate surface area is 138 Å². The molecule has 2 aromatic rings. The smallest absolute Gasteiger partial charge is 0.363 e. The van der Waals surface area contributed by atoms with E-state index in [0.29, 0.717) is 11.1 Å². The number of nitro benzene ring substituents is 1. The Morgan fingerprint density at radius 1 is 1.12 bits per heavy atom. The van der Waals surface area contributed by atoms with Crippen LogP contribution >= 0.6 is 0 Å². The van der Waals surface area contributed by atoms with Gasteiger partial charge >= 0.3 is 5.97 Å². The molecule has 0 fully saturated rings. The molecule has 0 aromatic heterocycles. The summed E-state index contributed by atoms with van der Waals surface area (Å²) in [5.74, 6) is -0.422. The van der Waals surface area contributed by atoms with E-state index in [1.807, 2.05) is 32.0 Å². The van der Waals surface area contributed by atoms with Crippen molar-refractivity contribution in [2.75, 3.05) is 0 Å². The van der Waals surface area contributed by atoms with Gasteiger partial charge in [0.2, 0.25) is 5.90 Å². The lowest BCUT2D eigenvalue weighted by atomic mass is 10.1. The highest BCUT2D eigenvalue weighted by atomic mass is 16.6. The summed E-state index contributed by atoms with van der Waals surface area (Å²) in [5.41, 5.74) is 3.13. The first kappa shape index (κ1) is 15.6. The highest BCUT2D eigenvalue weighted by Crippen LogP contribution is 2.24. The van der Waals surface area contributed by atoms with E-state index in [-0.39, 0.29) is 17.3 Å². The molecule has 1 aliphatic heterocycles. The lowest BCUT2D eigenvalue weighted by Crippen LogP contribution is -2.05. The number of para-hydroxylation sites is 1. The average molecular weight is 322 g/mol. The van der Waals surface area contributed by atoms with Crippen molar-refractivity contribution in [1.82, 2.24) is 0 Å². The first-order chi connectivity index (χ1) is 11.5. The first-order valence-electron chi connectivity index (χ1n) is 7.29. The molecule has 2 aromatic carbocycles. The molecule has 0 amide bonds. The minimum absolute atomic E-state index is 0.0394. The fourth-order valence-corrected chi connectivity index (χ4v) is 2.33. The molecule has 0 saturated carbocycles. The third-order valence-corrected chi connectivity index (χ3v) is 3.80. The number of cyclic esters (lactones) is 1. The number of esters is 1. The molecule has 0 N–H and O–H groups in total. The topological polar surface area (TPSA) is 81.8 Å². The van der Waals surface area contributed by atoms with E-state index in [1.54, 1.807) is 18.2 Å². The second-order valence-electron chi connectivity index (χ2n) is 5.45. The third kappa shape index (κ3) is 2.94. The Kier molecular flexibility index (Phi) is 3.95. The number of aryl methyl sites for hydroxylation is 2. The van der Waals surface area contributed by atoms with E-state index in [9.17, 15) is 14.9 Å². The van der Waals surface area contributed by atoms with E-state index < -0.39 is 10.9 Å². The Bertz CT molecular complexity index is 913. The van der Waals surface area contributed by atoms with Crippen LogP contribution in [0.3, 0.4) is 0 Å². The van der Waals surface area contributed by atoms with Gasteiger partial charge in [-0.2, -0.15) is 0 Å². The van der Waals surface area contributed by atoms with Gasteiger partial charge in [-0.25, -0.2) is 9.79 Å². The van der Waals surface area contributed by atoms with Crippen molar-refractivity contribution in [3.05, 3.63) is 80.5 Å². The van der Waals surface area contributed by atoms with Crippen LogP contribution in [-0.2, 0) is 9.53 Å². The van der Waals surface area contributed by atoms with Crippen LogP contribution < -0.4 is 0 Å². The van der Waals surface area contributed by atoms with Gasteiger partial charge < -0.3 is 4.74 Å². The van der Waals surface area contributed by atoms with Gasteiger partial charge in [0.1, 0.15) is 0 Å². The van der Waals surface area contributed by atoms with Crippen LogP contribution in [0.4, 0.5) is 5.69 Å². The van der Waals surface area contributed by atoms with Gasteiger partial charge in [-0.1, -0.05) is 18.2 Å². The van der Waals surface area contributed by atoms with Crippen LogP contribution in [0.2, 0.25) is 0 Å². The Balaban J connectivity index is 2.00. The largest absolute Gasteiger partial charge is 0.402 e. The number of carbonyl (C=O) groups is 1. The van der Waals surface area contributed by atoms with E-state index in [2.05, 4.69) is 4.99 Å². The van der Waals surface area contributed by atoms with Crippen molar-refractivity contribution < 1.29 is 14.5 Å². The minimum Gasteiger partial charge on any atom is -0.402 e. The number of nitro groups is 1. The van der Waals surface area contributed by atoms with E-state index in [1.165, 1.54) is 12.1 Å². The van der Waals surface area contributed by atoms with Crippen LogP contribution in [0.25, 0.3) is 6.08 Å². The van der Waals surface area contributed by atoms with Crippen molar-refractivity contribution in [2.24, 2.45) is 4.99 Å². The quantitative estimate of drug-likeness (QED) is 0.374. The molecule has 6 nitrogen and oxygen atoms in total. The van der Waals surface area contributed by atoms with Crippen molar-refractivity contribution in [2.45, 2.75) is 13.8 Å². The van der Waals surface area contributed by atoms with Crippen LogP contribution in [0.1, 0.15) is 22.3 Å². The predicted octanol–water partition coefficient (Wildman–Crippen LogP) is 3.56. The summed E-state index contributed by atoms with van der Waals surface area (Å²) in [7, 11) is 0. The zero-order chi connectivity index (χ0) is 17.3. The molecule has 6 heteroatoms. The first-order valence-corrected chi connectivity index (χ1v) is 7.29. The van der Waals surface area contributed by atoms with E-state index in [0.717, 1.165) is 11.1 Å². The monoisotopic (exact) mass is 322 g/mol. The number of nitrogens with zero attached hydrogens (tertiary/aromatic N) is 2. The van der Waals surface area contributed by atoms with Crippen molar-refractivity contribution in [3.8, 4) is 0 Å². The molecule has 120 valence electrons. The van der Waals surface area contributed by atoms with Gasteiger partial charge in [0.15, 0.2) is 5.70 Å². The second kappa shape index (κ2) is 6.08. The molecule has 0 bridgehead atoms. The van der Waals surface area contributed by atoms with E-state index >= 15 is 0 Å². The maximum absolute atomic E-state index is 12.0. The van der Waals surface area contributed by atoms with Crippen molar-refractivity contribution >= 4 is 23.6 Å². The van der Waals surface area contributed by atoms with Crippen molar-refractivity contribution in [3.63, 3.8) is 0 Å². The minimum atomic E-state index is -0.624. The van der Waals surface area contributed by atoms with Gasteiger partial charge in [0, 0.05) is 11.6 Å². The SMILES string of the molecule is Cc1ccc(C2=N/C(=C\c3ccccc3[N+](=O)[O-])C(=O)O2)cc1C. The predicted molar refractivity (Wildman–Crippen MR) is 89.6 cm³/mol. The van der Waals surface area contributed by atoms with Gasteiger partial charge in [-0.3, -0.25) is 10.1 Å². The Morgan fingerprint density at radius 3 is 2.58 bits per heavy atom. The molecular weight excluding hydrogens is 308 g/mol. The molecule has 0 aliphatic carbocycles. The van der Waals surface area contributed by atoms with Gasteiger partial charge in [-0.05, 0) is 49.2 Å².